The summed E-state index contributed by atoms with van der Waals surface area (Å²) in [5, 5.41) is 3.23. The molecule has 0 radical (unpaired) electrons. The van der Waals surface area contributed by atoms with Gasteiger partial charge in [-0.1, -0.05) is 13.8 Å². The van der Waals surface area contributed by atoms with Crippen molar-refractivity contribution in [2.45, 2.75) is 38.9 Å². The number of piperazine rings is 1. The lowest BCUT2D eigenvalue weighted by Crippen LogP contribution is -2.50. The van der Waals surface area contributed by atoms with Crippen molar-refractivity contribution in [3.63, 3.8) is 0 Å². The molecule has 0 aromatic carbocycles. The van der Waals surface area contributed by atoms with E-state index < -0.39 is 12.7 Å². The summed E-state index contributed by atoms with van der Waals surface area (Å²) >= 11 is 0. The molecule has 0 bridgehead atoms. The van der Waals surface area contributed by atoms with Gasteiger partial charge in [0.05, 0.1) is 6.54 Å². The van der Waals surface area contributed by atoms with E-state index in [9.17, 15) is 18.0 Å². The monoisotopic (exact) mass is 295 g/mol. The molecule has 0 atom stereocenters. The van der Waals surface area contributed by atoms with Crippen molar-refractivity contribution >= 4 is 5.91 Å². The Morgan fingerprint density at radius 3 is 2.30 bits per heavy atom. The van der Waals surface area contributed by atoms with E-state index in [0.717, 1.165) is 13.0 Å². The number of nitrogens with zero attached hydrogens (tertiary/aromatic N) is 2. The molecule has 1 saturated heterocycles. The van der Waals surface area contributed by atoms with Crippen molar-refractivity contribution in [1.82, 2.24) is 15.1 Å². The number of carbonyl (C=O) groups excluding carboxylic acids is 1. The zero-order valence-electron chi connectivity index (χ0n) is 12.2. The van der Waals surface area contributed by atoms with Crippen LogP contribution in [0.3, 0.4) is 0 Å². The predicted molar refractivity (Wildman–Crippen MR) is 71.4 cm³/mol. The van der Waals surface area contributed by atoms with Gasteiger partial charge in [0.1, 0.15) is 0 Å². The molecule has 1 amide bonds. The van der Waals surface area contributed by atoms with Crippen LogP contribution in [0, 0.1) is 0 Å². The number of rotatable bonds is 6. The lowest BCUT2D eigenvalue weighted by Gasteiger charge is -2.35. The van der Waals surface area contributed by atoms with Crippen LogP contribution in [-0.4, -0.2) is 67.2 Å². The molecule has 1 aliphatic heterocycles. The van der Waals surface area contributed by atoms with Gasteiger partial charge in [0, 0.05) is 38.6 Å². The average Bonchev–Trinajstić information content (AvgIpc) is 2.33. The number of carbonyl (C=O) groups is 1. The second-order valence-electron chi connectivity index (χ2n) is 5.48. The highest BCUT2D eigenvalue weighted by Gasteiger charge is 2.32. The quantitative estimate of drug-likeness (QED) is 0.754. The average molecular weight is 295 g/mol. The Balaban J connectivity index is 2.19. The summed E-state index contributed by atoms with van der Waals surface area (Å²) < 4.78 is 36.7. The van der Waals surface area contributed by atoms with E-state index in [2.05, 4.69) is 5.32 Å². The Morgan fingerprint density at radius 1 is 1.20 bits per heavy atom. The maximum atomic E-state index is 12.2. The fourth-order valence-corrected chi connectivity index (χ4v) is 2.20. The third kappa shape index (κ3) is 7.09. The molecule has 0 aliphatic carbocycles. The Bertz CT molecular complexity index is 300. The topological polar surface area (TPSA) is 35.6 Å². The minimum Gasteiger partial charge on any atom is -0.340 e. The van der Waals surface area contributed by atoms with E-state index in [0.29, 0.717) is 38.6 Å². The first-order chi connectivity index (χ1) is 9.28. The summed E-state index contributed by atoms with van der Waals surface area (Å²) in [6.07, 6.45) is -2.94. The Kier molecular flexibility index (Phi) is 6.75. The van der Waals surface area contributed by atoms with Crippen LogP contribution in [0.15, 0.2) is 0 Å². The molecule has 0 spiro atoms. The number of halogens is 3. The maximum absolute atomic E-state index is 12.2. The fourth-order valence-electron chi connectivity index (χ4n) is 2.20. The van der Waals surface area contributed by atoms with Crippen molar-refractivity contribution in [3.05, 3.63) is 0 Å². The normalized spacial score (nSPS) is 17.8. The molecular formula is C13H24F3N3O. The van der Waals surface area contributed by atoms with Crippen LogP contribution >= 0.6 is 0 Å². The van der Waals surface area contributed by atoms with Gasteiger partial charge in [0.15, 0.2) is 0 Å². The molecular weight excluding hydrogens is 271 g/mol. The third-order valence-corrected chi connectivity index (χ3v) is 3.25. The summed E-state index contributed by atoms with van der Waals surface area (Å²) in [6, 6.07) is 0.399. The number of alkyl halides is 3. The van der Waals surface area contributed by atoms with Crippen LogP contribution < -0.4 is 5.32 Å². The first-order valence-corrected chi connectivity index (χ1v) is 7.08. The van der Waals surface area contributed by atoms with Gasteiger partial charge in [-0.3, -0.25) is 9.69 Å². The van der Waals surface area contributed by atoms with Gasteiger partial charge >= 0.3 is 6.18 Å². The molecule has 1 N–H and O–H groups in total. The zero-order chi connectivity index (χ0) is 15.2. The van der Waals surface area contributed by atoms with Crippen LogP contribution in [0.25, 0.3) is 0 Å². The molecule has 1 fully saturated rings. The zero-order valence-corrected chi connectivity index (χ0v) is 12.2. The van der Waals surface area contributed by atoms with E-state index in [1.54, 1.807) is 4.90 Å². The predicted octanol–water partition coefficient (Wildman–Crippen LogP) is 1.47. The molecule has 4 nitrogen and oxygen atoms in total. The van der Waals surface area contributed by atoms with Crippen molar-refractivity contribution < 1.29 is 18.0 Å². The Labute approximate surface area is 118 Å². The van der Waals surface area contributed by atoms with E-state index in [1.165, 1.54) is 4.90 Å². The van der Waals surface area contributed by atoms with Crippen molar-refractivity contribution in [3.8, 4) is 0 Å². The molecule has 0 aromatic heterocycles. The smallest absolute Gasteiger partial charge is 0.340 e. The third-order valence-electron chi connectivity index (χ3n) is 3.25. The second kappa shape index (κ2) is 7.83. The lowest BCUT2D eigenvalue weighted by atomic mass is 10.2. The van der Waals surface area contributed by atoms with Crippen LogP contribution in [0.4, 0.5) is 13.2 Å². The maximum Gasteiger partial charge on any atom is 0.401 e. The first kappa shape index (κ1) is 17.2. The molecule has 0 aromatic rings. The van der Waals surface area contributed by atoms with Crippen molar-refractivity contribution in [1.29, 1.82) is 0 Å². The minimum absolute atomic E-state index is 0.0437. The molecule has 1 rings (SSSR count). The second-order valence-corrected chi connectivity index (χ2v) is 5.48. The van der Waals surface area contributed by atoms with Gasteiger partial charge in [-0.25, -0.2) is 0 Å². The highest BCUT2D eigenvalue weighted by atomic mass is 19.4. The summed E-state index contributed by atoms with van der Waals surface area (Å²) in [5.74, 6) is 0.0437. The number of hydrogen-bond donors (Lipinski definition) is 1. The van der Waals surface area contributed by atoms with E-state index in [4.69, 9.17) is 0 Å². The van der Waals surface area contributed by atoms with Crippen molar-refractivity contribution in [2.75, 3.05) is 39.3 Å². The number of nitrogens with one attached hydrogen (secondary N) is 1. The summed E-state index contributed by atoms with van der Waals surface area (Å²) in [4.78, 5) is 14.9. The van der Waals surface area contributed by atoms with E-state index in [1.807, 2.05) is 13.8 Å². The summed E-state index contributed by atoms with van der Waals surface area (Å²) in [7, 11) is 0. The van der Waals surface area contributed by atoms with Crippen LogP contribution in [0.1, 0.15) is 26.7 Å². The van der Waals surface area contributed by atoms with Gasteiger partial charge in [0.25, 0.3) is 0 Å². The molecule has 0 saturated carbocycles. The number of hydrogen-bond acceptors (Lipinski definition) is 3. The molecule has 1 aliphatic rings. The van der Waals surface area contributed by atoms with E-state index in [-0.39, 0.29) is 5.91 Å². The van der Waals surface area contributed by atoms with Gasteiger partial charge < -0.3 is 10.2 Å². The largest absolute Gasteiger partial charge is 0.401 e. The van der Waals surface area contributed by atoms with E-state index >= 15 is 0 Å². The SMILES string of the molecule is CC(C)NCCCC(=O)N1CCN(CC(F)(F)F)CC1. The van der Waals surface area contributed by atoms with Gasteiger partial charge in [0.2, 0.25) is 5.91 Å². The highest BCUT2D eigenvalue weighted by Crippen LogP contribution is 2.17. The van der Waals surface area contributed by atoms with Crippen LogP contribution in [0.5, 0.6) is 0 Å². The molecule has 0 unspecified atom stereocenters. The fraction of sp³-hybridized carbons (Fsp3) is 0.923. The summed E-state index contributed by atoms with van der Waals surface area (Å²) in [6.45, 7) is 5.39. The standard InChI is InChI=1S/C13H24F3N3O/c1-11(2)17-5-3-4-12(20)19-8-6-18(7-9-19)10-13(14,15)16/h11,17H,3-10H2,1-2H3. The highest BCUT2D eigenvalue weighted by molar-refractivity contribution is 5.76. The molecule has 7 heteroatoms. The minimum atomic E-state index is -4.16. The molecule has 20 heavy (non-hydrogen) atoms. The molecule has 118 valence electrons. The van der Waals surface area contributed by atoms with Crippen molar-refractivity contribution in [2.24, 2.45) is 0 Å². The lowest BCUT2D eigenvalue weighted by molar-refractivity contribution is -0.151. The van der Waals surface area contributed by atoms with Gasteiger partial charge in [-0.15, -0.1) is 0 Å². The Hall–Kier alpha value is -0.820. The van der Waals surface area contributed by atoms with Gasteiger partial charge in [-0.2, -0.15) is 13.2 Å². The summed E-state index contributed by atoms with van der Waals surface area (Å²) in [5.41, 5.74) is 0. The van der Waals surface area contributed by atoms with Crippen LogP contribution in [0.2, 0.25) is 0 Å². The first-order valence-electron chi connectivity index (χ1n) is 7.08. The van der Waals surface area contributed by atoms with Gasteiger partial charge in [-0.05, 0) is 13.0 Å². The number of amides is 1. The molecule has 1 heterocycles. The van der Waals surface area contributed by atoms with Crippen LogP contribution in [-0.2, 0) is 4.79 Å². The Morgan fingerprint density at radius 2 is 1.80 bits per heavy atom.